The molecule has 1 heterocycles. The Labute approximate surface area is 178 Å². The van der Waals surface area contributed by atoms with Crippen LogP contribution in [-0.4, -0.2) is 17.6 Å². The predicted octanol–water partition coefficient (Wildman–Crippen LogP) is 4.06. The molecule has 0 fully saturated rings. The molecule has 0 saturated heterocycles. The fourth-order valence-corrected chi connectivity index (χ4v) is 2.63. The zero-order valence-electron chi connectivity index (χ0n) is 13.1. The maximum Gasteiger partial charge on any atom is 0.256 e. The predicted molar refractivity (Wildman–Crippen MR) is 94.1 cm³/mol. The van der Waals surface area contributed by atoms with Gasteiger partial charge < -0.3 is 9.30 Å². The number of nitrogens with zero attached hydrogens (tertiary/aromatic N) is 1. The molecule has 1 aromatic carbocycles. The molecule has 0 aliphatic heterocycles. The van der Waals surface area contributed by atoms with Crippen LogP contribution in [0.5, 0.6) is 5.75 Å². The summed E-state index contributed by atoms with van der Waals surface area (Å²) in [5.41, 5.74) is 1.39. The molecule has 125 valence electrons. The molecule has 2 aromatic rings. The molecule has 24 heavy (non-hydrogen) atoms. The normalized spacial score (nSPS) is 10.4. The Bertz CT molecular complexity index is 778. The van der Waals surface area contributed by atoms with Crippen LogP contribution < -0.4 is 10.3 Å². The van der Waals surface area contributed by atoms with Crippen molar-refractivity contribution in [2.75, 3.05) is 6.61 Å². The van der Waals surface area contributed by atoms with E-state index in [9.17, 15) is 13.6 Å². The van der Waals surface area contributed by atoms with Gasteiger partial charge in [-0.2, -0.15) is 12.1 Å². The molecular weight excluding hydrogens is 504 g/mol. The van der Waals surface area contributed by atoms with E-state index < -0.39 is 18.5 Å². The maximum absolute atomic E-state index is 12.8. The summed E-state index contributed by atoms with van der Waals surface area (Å²) in [4.78, 5) is 12.2. The van der Waals surface area contributed by atoms with Crippen LogP contribution in [0.2, 0.25) is 0 Å². The molecule has 0 aliphatic carbocycles. The second-order valence-corrected chi connectivity index (χ2v) is 6.03. The van der Waals surface area contributed by atoms with Gasteiger partial charge in [0, 0.05) is 32.7 Å². The van der Waals surface area contributed by atoms with Gasteiger partial charge in [0.2, 0.25) is 5.56 Å². The maximum atomic E-state index is 12.8. The summed E-state index contributed by atoms with van der Waals surface area (Å²) in [5, 5.41) is 0. The van der Waals surface area contributed by atoms with E-state index in [4.69, 9.17) is 4.74 Å². The van der Waals surface area contributed by atoms with Gasteiger partial charge in [0.25, 0.3) is 6.43 Å². The number of benzene rings is 1. The number of aryl methyl sites for hydroxylation is 1. The van der Waals surface area contributed by atoms with Gasteiger partial charge in [-0.25, -0.2) is 8.78 Å². The molecule has 0 bridgehead atoms. The summed E-state index contributed by atoms with van der Waals surface area (Å²) >= 11 is 1.82. The fraction of sp³-hybridized carbons (Fsp3) is 0.235. The monoisotopic (exact) mass is 519 g/mol. The Morgan fingerprint density at radius 1 is 1.46 bits per heavy atom. The Hall–Kier alpha value is -0.596. The smallest absolute Gasteiger partial charge is 0.256 e. The average Bonchev–Trinajstić information content (AvgIpc) is 2.50. The zero-order chi connectivity index (χ0) is 17.0. The third-order valence-electron chi connectivity index (χ3n) is 3.20. The number of halogens is 3. The van der Waals surface area contributed by atoms with Gasteiger partial charge in [-0.1, -0.05) is 36.4 Å². The molecule has 0 unspecified atom stereocenters. The summed E-state index contributed by atoms with van der Waals surface area (Å²) in [5.74, 6) is 0.652. The van der Waals surface area contributed by atoms with Crippen molar-refractivity contribution in [3.05, 3.63) is 62.5 Å². The van der Waals surface area contributed by atoms with Crippen molar-refractivity contribution >= 4 is 22.6 Å². The van der Waals surface area contributed by atoms with Crippen LogP contribution in [0.25, 0.3) is 11.3 Å². The first kappa shape index (κ1) is 21.4. The number of ether oxygens (including phenoxy) is 1. The molecule has 7 heteroatoms. The molecule has 0 amide bonds. The van der Waals surface area contributed by atoms with Gasteiger partial charge in [-0.05, 0) is 15.7 Å². The molecule has 0 N–H and O–H groups in total. The molecule has 0 spiro atoms. The van der Waals surface area contributed by atoms with Crippen molar-refractivity contribution in [1.29, 1.82) is 0 Å². The van der Waals surface area contributed by atoms with E-state index >= 15 is 0 Å². The van der Waals surface area contributed by atoms with Gasteiger partial charge in [0.15, 0.2) is 0 Å². The second kappa shape index (κ2) is 9.77. The van der Waals surface area contributed by atoms with Crippen molar-refractivity contribution < 1.29 is 46.2 Å². The Morgan fingerprint density at radius 3 is 2.75 bits per heavy atom. The summed E-state index contributed by atoms with van der Waals surface area (Å²) < 4.78 is 32.5. The van der Waals surface area contributed by atoms with Gasteiger partial charge in [-0.15, -0.1) is 28.7 Å². The van der Waals surface area contributed by atoms with E-state index in [1.807, 2.05) is 29.5 Å². The summed E-state index contributed by atoms with van der Waals surface area (Å²) in [6, 6.07) is 9.72. The largest absolute Gasteiger partial charge is 0.490 e. The summed E-state index contributed by atoms with van der Waals surface area (Å²) in [6.45, 7) is 5.14. The van der Waals surface area contributed by atoms with Crippen LogP contribution in [0.3, 0.4) is 0 Å². The Kier molecular flexibility index (Phi) is 8.73. The van der Waals surface area contributed by atoms with Crippen molar-refractivity contribution in [2.45, 2.75) is 19.9 Å². The van der Waals surface area contributed by atoms with Crippen molar-refractivity contribution in [3.63, 3.8) is 0 Å². The molecule has 1 radical (unpaired) electrons. The van der Waals surface area contributed by atoms with Crippen LogP contribution in [0, 0.1) is 16.6 Å². The first-order chi connectivity index (χ1) is 10.9. The first-order valence-corrected chi connectivity index (χ1v) is 7.95. The number of aromatic nitrogens is 1. The third kappa shape index (κ3) is 5.20. The fourth-order valence-electron chi connectivity index (χ4n) is 2.18. The van der Waals surface area contributed by atoms with Crippen LogP contribution >= 0.6 is 22.6 Å². The van der Waals surface area contributed by atoms with Crippen LogP contribution in [0.15, 0.2) is 41.7 Å². The Morgan fingerprint density at radius 2 is 2.17 bits per heavy atom. The number of hydrogen-bond acceptors (Lipinski definition) is 2. The molecule has 0 aliphatic rings. The zero-order valence-corrected chi connectivity index (χ0v) is 18.1. The van der Waals surface area contributed by atoms with Crippen LogP contribution in [0.4, 0.5) is 8.78 Å². The SMILES string of the molecule is C=CCOc1ccc(-c2[c-]cc(I)c(=O)n2CC(F)F)c(C)c1.[Y]. The summed E-state index contributed by atoms with van der Waals surface area (Å²) in [6.07, 6.45) is -0.982. The quantitative estimate of drug-likeness (QED) is 0.328. The molecule has 0 saturated carbocycles. The third-order valence-corrected chi connectivity index (χ3v) is 3.97. The molecule has 1 aromatic heterocycles. The van der Waals surface area contributed by atoms with Gasteiger partial charge in [0.1, 0.15) is 12.4 Å². The van der Waals surface area contributed by atoms with E-state index in [1.54, 1.807) is 24.3 Å². The minimum atomic E-state index is -2.62. The molecule has 2 rings (SSSR count). The minimum Gasteiger partial charge on any atom is -0.490 e. The second-order valence-electron chi connectivity index (χ2n) is 4.87. The number of rotatable bonds is 6. The molecule has 0 atom stereocenters. The van der Waals surface area contributed by atoms with Gasteiger partial charge >= 0.3 is 0 Å². The van der Waals surface area contributed by atoms with E-state index in [0.717, 1.165) is 10.1 Å². The number of hydrogen-bond donors (Lipinski definition) is 0. The van der Waals surface area contributed by atoms with Crippen molar-refractivity contribution in [3.8, 4) is 17.0 Å². The van der Waals surface area contributed by atoms with E-state index in [1.165, 1.54) is 6.07 Å². The number of alkyl halides is 2. The average molecular weight is 519 g/mol. The van der Waals surface area contributed by atoms with Gasteiger partial charge in [0.05, 0.1) is 6.54 Å². The van der Waals surface area contributed by atoms with Crippen LogP contribution in [-0.2, 0) is 39.3 Å². The molecular formula is C17H15F2INO2Y-. The van der Waals surface area contributed by atoms with E-state index in [0.29, 0.717) is 27.2 Å². The minimum absolute atomic E-state index is 0. The Balaban J connectivity index is 0.00000288. The topological polar surface area (TPSA) is 31.2 Å². The van der Waals surface area contributed by atoms with Crippen molar-refractivity contribution in [2.24, 2.45) is 0 Å². The standard InChI is InChI=1S/C17H15F2INO2.Y/c1-3-8-23-12-4-5-13(11(2)9-12)15-7-6-14(20)17(22)21(15)10-16(18)19;/h3-6,9,16H,1,8,10H2,2H3;/q-1;. The summed E-state index contributed by atoms with van der Waals surface area (Å²) in [7, 11) is 0. The first-order valence-electron chi connectivity index (χ1n) is 6.88. The molecule has 3 nitrogen and oxygen atoms in total. The van der Waals surface area contributed by atoms with Crippen molar-refractivity contribution in [1.82, 2.24) is 4.57 Å². The van der Waals surface area contributed by atoms with Gasteiger partial charge in [-0.3, -0.25) is 4.79 Å². The van der Waals surface area contributed by atoms with E-state index in [-0.39, 0.29) is 32.7 Å². The number of pyridine rings is 1. The van der Waals surface area contributed by atoms with Crippen LogP contribution in [0.1, 0.15) is 5.56 Å². The van der Waals surface area contributed by atoms with E-state index in [2.05, 4.69) is 12.6 Å².